The van der Waals surface area contributed by atoms with Gasteiger partial charge >= 0.3 is 12.0 Å². The number of urea groups is 1. The van der Waals surface area contributed by atoms with Gasteiger partial charge in [-0.3, -0.25) is 4.79 Å². The van der Waals surface area contributed by atoms with E-state index in [9.17, 15) is 9.59 Å². The summed E-state index contributed by atoms with van der Waals surface area (Å²) >= 11 is 0. The number of carboxylic acids is 1. The summed E-state index contributed by atoms with van der Waals surface area (Å²) in [4.78, 5) is 24.3. The zero-order valence-corrected chi connectivity index (χ0v) is 13.9. The number of carbonyl (C=O) groups is 2. The fourth-order valence-electron chi connectivity index (χ4n) is 2.72. The molecular formula is C18H26N2O4. The topological polar surface area (TPSA) is 78.9 Å². The summed E-state index contributed by atoms with van der Waals surface area (Å²) in [5.74, 6) is -1.24. The molecule has 0 radical (unpaired) electrons. The van der Waals surface area contributed by atoms with E-state index in [1.54, 1.807) is 4.90 Å². The van der Waals surface area contributed by atoms with E-state index in [-0.39, 0.29) is 6.03 Å². The summed E-state index contributed by atoms with van der Waals surface area (Å²) in [6.07, 6.45) is 3.20. The fourth-order valence-corrected chi connectivity index (χ4v) is 2.72. The van der Waals surface area contributed by atoms with E-state index in [0.29, 0.717) is 39.3 Å². The van der Waals surface area contributed by atoms with Gasteiger partial charge in [0.1, 0.15) is 0 Å². The van der Waals surface area contributed by atoms with Gasteiger partial charge < -0.3 is 20.1 Å². The summed E-state index contributed by atoms with van der Waals surface area (Å²) in [7, 11) is 0. The molecule has 1 aliphatic rings. The lowest BCUT2D eigenvalue weighted by Gasteiger charge is -2.16. The molecule has 2 amide bonds. The van der Waals surface area contributed by atoms with Gasteiger partial charge in [-0.1, -0.05) is 30.3 Å². The van der Waals surface area contributed by atoms with E-state index in [1.807, 2.05) is 18.2 Å². The van der Waals surface area contributed by atoms with Crippen LogP contribution < -0.4 is 5.32 Å². The third-order valence-electron chi connectivity index (χ3n) is 4.19. The molecule has 0 spiro atoms. The molecule has 0 saturated carbocycles. The minimum absolute atomic E-state index is 0.163. The van der Waals surface area contributed by atoms with Gasteiger partial charge in [0.2, 0.25) is 0 Å². The standard InChI is InChI=1S/C18H26N2O4/c21-17(22)16-8-11-20(14-16)18(23)19-10-4-5-12-24-13-9-15-6-2-1-3-7-15/h1-3,6-7,16H,4-5,8-14H2,(H,19,23)(H,21,22). The van der Waals surface area contributed by atoms with Gasteiger partial charge in [-0.25, -0.2) is 4.79 Å². The third kappa shape index (κ3) is 6.20. The van der Waals surface area contributed by atoms with Crippen molar-refractivity contribution < 1.29 is 19.4 Å². The number of amides is 2. The number of ether oxygens (including phenoxy) is 1. The molecule has 1 saturated heterocycles. The predicted octanol–water partition coefficient (Wildman–Crippen LogP) is 2.14. The Kier molecular flexibility index (Phi) is 7.55. The Bertz CT molecular complexity index is 521. The van der Waals surface area contributed by atoms with E-state index in [1.165, 1.54) is 5.56 Å². The summed E-state index contributed by atoms with van der Waals surface area (Å²) in [6.45, 7) is 2.82. The van der Waals surface area contributed by atoms with Crippen molar-refractivity contribution in [3.63, 3.8) is 0 Å². The molecule has 0 bridgehead atoms. The van der Waals surface area contributed by atoms with Crippen LogP contribution in [0, 0.1) is 5.92 Å². The number of hydrogen-bond donors (Lipinski definition) is 2. The van der Waals surface area contributed by atoms with Gasteiger partial charge in [0.15, 0.2) is 0 Å². The summed E-state index contributed by atoms with van der Waals surface area (Å²) in [5.41, 5.74) is 1.27. The van der Waals surface area contributed by atoms with Crippen LogP contribution >= 0.6 is 0 Å². The maximum atomic E-state index is 11.9. The van der Waals surface area contributed by atoms with Gasteiger partial charge in [0, 0.05) is 26.2 Å². The zero-order chi connectivity index (χ0) is 17.2. The van der Waals surface area contributed by atoms with Crippen molar-refractivity contribution in [3.05, 3.63) is 35.9 Å². The Labute approximate surface area is 142 Å². The number of unbranched alkanes of at least 4 members (excludes halogenated alkanes) is 1. The number of benzene rings is 1. The van der Waals surface area contributed by atoms with E-state index < -0.39 is 11.9 Å². The monoisotopic (exact) mass is 334 g/mol. The quantitative estimate of drug-likeness (QED) is 0.678. The highest BCUT2D eigenvalue weighted by molar-refractivity contribution is 5.77. The van der Waals surface area contributed by atoms with Crippen molar-refractivity contribution in [1.82, 2.24) is 10.2 Å². The van der Waals surface area contributed by atoms with Gasteiger partial charge in [-0.15, -0.1) is 0 Å². The van der Waals surface area contributed by atoms with Crippen LogP contribution in [0.3, 0.4) is 0 Å². The van der Waals surface area contributed by atoms with E-state index in [4.69, 9.17) is 9.84 Å². The van der Waals surface area contributed by atoms with Crippen molar-refractivity contribution in [2.75, 3.05) is 32.8 Å². The number of likely N-dealkylation sites (tertiary alicyclic amines) is 1. The normalized spacial score (nSPS) is 17.0. The maximum absolute atomic E-state index is 11.9. The average Bonchev–Trinajstić information content (AvgIpc) is 3.08. The smallest absolute Gasteiger partial charge is 0.317 e. The number of nitrogens with zero attached hydrogens (tertiary/aromatic N) is 1. The van der Waals surface area contributed by atoms with Crippen LogP contribution in [0.5, 0.6) is 0 Å². The van der Waals surface area contributed by atoms with E-state index in [2.05, 4.69) is 17.4 Å². The van der Waals surface area contributed by atoms with Crippen LogP contribution in [0.25, 0.3) is 0 Å². The predicted molar refractivity (Wildman–Crippen MR) is 90.9 cm³/mol. The van der Waals surface area contributed by atoms with Gasteiger partial charge in [0.05, 0.1) is 12.5 Å². The fraction of sp³-hybridized carbons (Fsp3) is 0.556. The van der Waals surface area contributed by atoms with Crippen molar-refractivity contribution >= 4 is 12.0 Å². The Morgan fingerprint density at radius 1 is 1.21 bits per heavy atom. The second kappa shape index (κ2) is 9.93. The number of carboxylic acid groups (broad SMARTS) is 1. The molecule has 2 rings (SSSR count). The molecule has 1 aromatic rings. The zero-order valence-electron chi connectivity index (χ0n) is 13.9. The SMILES string of the molecule is O=C(O)C1CCN(C(=O)NCCCCOCCc2ccccc2)C1. The maximum Gasteiger partial charge on any atom is 0.317 e. The highest BCUT2D eigenvalue weighted by Gasteiger charge is 2.30. The van der Waals surface area contributed by atoms with Crippen LogP contribution in [0.15, 0.2) is 30.3 Å². The highest BCUT2D eigenvalue weighted by Crippen LogP contribution is 2.16. The number of carbonyl (C=O) groups excluding carboxylic acids is 1. The summed E-state index contributed by atoms with van der Waals surface area (Å²) in [5, 5.41) is 11.8. The molecule has 24 heavy (non-hydrogen) atoms. The Hall–Kier alpha value is -2.08. The van der Waals surface area contributed by atoms with Crippen LogP contribution in [0.4, 0.5) is 4.79 Å². The molecule has 1 fully saturated rings. The number of hydrogen-bond acceptors (Lipinski definition) is 3. The second-order valence-corrected chi connectivity index (χ2v) is 6.06. The van der Waals surface area contributed by atoms with Crippen LogP contribution in [-0.2, 0) is 16.0 Å². The second-order valence-electron chi connectivity index (χ2n) is 6.06. The van der Waals surface area contributed by atoms with Crippen LogP contribution in [-0.4, -0.2) is 54.9 Å². The highest BCUT2D eigenvalue weighted by atomic mass is 16.5. The van der Waals surface area contributed by atoms with Crippen molar-refractivity contribution in [3.8, 4) is 0 Å². The molecule has 1 aliphatic heterocycles. The first-order valence-corrected chi connectivity index (χ1v) is 8.54. The largest absolute Gasteiger partial charge is 0.481 e. The molecule has 6 nitrogen and oxygen atoms in total. The van der Waals surface area contributed by atoms with E-state index >= 15 is 0 Å². The molecule has 0 aromatic heterocycles. The first-order valence-electron chi connectivity index (χ1n) is 8.54. The molecule has 2 N–H and O–H groups in total. The van der Waals surface area contributed by atoms with Gasteiger partial charge in [-0.2, -0.15) is 0 Å². The molecule has 1 aromatic carbocycles. The molecular weight excluding hydrogens is 308 g/mol. The molecule has 1 atom stereocenters. The van der Waals surface area contributed by atoms with Crippen LogP contribution in [0.2, 0.25) is 0 Å². The number of aliphatic carboxylic acids is 1. The lowest BCUT2D eigenvalue weighted by atomic mass is 10.1. The third-order valence-corrected chi connectivity index (χ3v) is 4.19. The van der Waals surface area contributed by atoms with Crippen molar-refractivity contribution in [2.45, 2.75) is 25.7 Å². The first-order chi connectivity index (χ1) is 11.7. The first kappa shape index (κ1) is 18.3. The van der Waals surface area contributed by atoms with Gasteiger partial charge in [-0.05, 0) is 31.2 Å². The number of nitrogens with one attached hydrogen (secondary N) is 1. The Morgan fingerprint density at radius 2 is 2.00 bits per heavy atom. The molecule has 1 heterocycles. The molecule has 0 aliphatic carbocycles. The summed E-state index contributed by atoms with van der Waals surface area (Å²) < 4.78 is 5.60. The Balaban J connectivity index is 1.45. The summed E-state index contributed by atoms with van der Waals surface area (Å²) in [6, 6.07) is 10.1. The molecule has 6 heteroatoms. The van der Waals surface area contributed by atoms with Crippen LogP contribution in [0.1, 0.15) is 24.8 Å². The molecule has 132 valence electrons. The van der Waals surface area contributed by atoms with E-state index in [0.717, 1.165) is 19.3 Å². The van der Waals surface area contributed by atoms with Gasteiger partial charge in [0.25, 0.3) is 0 Å². The number of rotatable bonds is 9. The average molecular weight is 334 g/mol. The molecule has 1 unspecified atom stereocenters. The minimum Gasteiger partial charge on any atom is -0.481 e. The van der Waals surface area contributed by atoms with Crippen molar-refractivity contribution in [2.24, 2.45) is 5.92 Å². The lowest BCUT2D eigenvalue weighted by molar-refractivity contribution is -0.141. The Morgan fingerprint density at radius 3 is 2.71 bits per heavy atom. The lowest BCUT2D eigenvalue weighted by Crippen LogP contribution is -2.39. The van der Waals surface area contributed by atoms with Crippen molar-refractivity contribution in [1.29, 1.82) is 0 Å². The minimum atomic E-state index is -0.821.